The summed E-state index contributed by atoms with van der Waals surface area (Å²) in [5, 5.41) is 20.1. The molecule has 3 N–H and O–H groups in total. The van der Waals surface area contributed by atoms with Crippen LogP contribution in [0.3, 0.4) is 0 Å². The Balaban J connectivity index is 2.68. The van der Waals surface area contributed by atoms with E-state index in [1.807, 2.05) is 0 Å². The zero-order valence-corrected chi connectivity index (χ0v) is 18.1. The SMILES string of the molecule is O=S(=O)(O)C(c1ccccc1Cl)(c1cc(O)cc(Cl)c1O)c1cccc(Cl)c1Cl. The first-order valence-electron chi connectivity index (χ1n) is 7.90. The molecule has 0 aromatic heterocycles. The highest BCUT2D eigenvalue weighted by Gasteiger charge is 2.53. The van der Waals surface area contributed by atoms with Gasteiger partial charge in [0.15, 0.2) is 4.75 Å². The maximum absolute atomic E-state index is 13.0. The van der Waals surface area contributed by atoms with Gasteiger partial charge < -0.3 is 10.2 Å². The van der Waals surface area contributed by atoms with E-state index in [1.165, 1.54) is 36.4 Å². The number of phenolic OH excluding ortho intramolecular Hbond substituents is 2. The van der Waals surface area contributed by atoms with Crippen molar-refractivity contribution >= 4 is 56.5 Å². The molecular weight excluding hydrogens is 482 g/mol. The summed E-state index contributed by atoms with van der Waals surface area (Å²) in [6, 6.07) is 11.9. The van der Waals surface area contributed by atoms with Crippen LogP contribution in [0, 0.1) is 0 Å². The van der Waals surface area contributed by atoms with Gasteiger partial charge in [0.05, 0.1) is 15.1 Å². The van der Waals surface area contributed by atoms with E-state index < -0.39 is 31.9 Å². The normalized spacial score (nSPS) is 13.8. The van der Waals surface area contributed by atoms with Crippen molar-refractivity contribution in [1.29, 1.82) is 0 Å². The quantitative estimate of drug-likeness (QED) is 0.239. The number of hydrogen-bond donors (Lipinski definition) is 3. The van der Waals surface area contributed by atoms with E-state index in [1.54, 1.807) is 6.07 Å². The molecule has 1 unspecified atom stereocenters. The molecule has 5 nitrogen and oxygen atoms in total. The predicted octanol–water partition coefficient (Wildman–Crippen LogP) is 5.89. The van der Waals surface area contributed by atoms with Crippen LogP contribution in [0.25, 0.3) is 0 Å². The first-order chi connectivity index (χ1) is 13.5. The van der Waals surface area contributed by atoms with Crippen LogP contribution in [0.4, 0.5) is 0 Å². The average molecular weight is 494 g/mol. The molecule has 0 radical (unpaired) electrons. The monoisotopic (exact) mass is 492 g/mol. The molecule has 0 aliphatic carbocycles. The van der Waals surface area contributed by atoms with E-state index in [0.717, 1.165) is 12.1 Å². The van der Waals surface area contributed by atoms with Crippen LogP contribution in [-0.4, -0.2) is 23.2 Å². The molecule has 0 bridgehead atoms. The second-order valence-electron chi connectivity index (χ2n) is 6.06. The Morgan fingerprint density at radius 3 is 1.93 bits per heavy atom. The summed E-state index contributed by atoms with van der Waals surface area (Å²) in [4.78, 5) is 0. The first kappa shape index (κ1) is 22.0. The Morgan fingerprint density at radius 1 is 0.724 bits per heavy atom. The standard InChI is InChI=1S/C19H12Cl4O5S/c20-14-6-2-1-4-11(14)19(29(26,27)28,12-5-3-7-15(21)17(12)23)13-8-10(24)9-16(22)18(13)25/h1-9,24-25H,(H,26,27,28). The fraction of sp³-hybridized carbons (Fsp3) is 0.0526. The maximum atomic E-state index is 13.0. The van der Waals surface area contributed by atoms with Crippen LogP contribution in [-0.2, 0) is 14.9 Å². The summed E-state index contributed by atoms with van der Waals surface area (Å²) in [6.07, 6.45) is 0. The minimum atomic E-state index is -5.16. The lowest BCUT2D eigenvalue weighted by atomic mass is 9.83. The summed E-state index contributed by atoms with van der Waals surface area (Å²) in [5.74, 6) is -1.15. The zero-order valence-electron chi connectivity index (χ0n) is 14.3. The van der Waals surface area contributed by atoms with Crippen molar-refractivity contribution < 1.29 is 23.2 Å². The lowest BCUT2D eigenvalue weighted by molar-refractivity contribution is 0.435. The molecule has 29 heavy (non-hydrogen) atoms. The highest BCUT2D eigenvalue weighted by Crippen LogP contribution is 2.53. The van der Waals surface area contributed by atoms with E-state index in [0.29, 0.717) is 0 Å². The Kier molecular flexibility index (Phi) is 5.98. The molecule has 0 fully saturated rings. The number of rotatable bonds is 4. The molecule has 0 spiro atoms. The van der Waals surface area contributed by atoms with Crippen molar-refractivity contribution in [2.75, 3.05) is 0 Å². The van der Waals surface area contributed by atoms with Gasteiger partial charge in [-0.25, -0.2) is 0 Å². The summed E-state index contributed by atoms with van der Waals surface area (Å²) in [7, 11) is -5.16. The van der Waals surface area contributed by atoms with Gasteiger partial charge in [0, 0.05) is 27.8 Å². The molecule has 10 heteroatoms. The summed E-state index contributed by atoms with van der Waals surface area (Å²) < 4.78 is 34.0. The van der Waals surface area contributed by atoms with Crippen molar-refractivity contribution in [2.24, 2.45) is 0 Å². The van der Waals surface area contributed by atoms with E-state index in [-0.39, 0.29) is 31.2 Å². The van der Waals surface area contributed by atoms with Crippen LogP contribution >= 0.6 is 46.4 Å². The molecule has 3 rings (SSSR count). The third kappa shape index (κ3) is 3.54. The molecule has 0 amide bonds. The van der Waals surface area contributed by atoms with Gasteiger partial charge in [-0.3, -0.25) is 4.55 Å². The third-order valence-electron chi connectivity index (χ3n) is 4.40. The smallest absolute Gasteiger partial charge is 0.283 e. The maximum Gasteiger partial charge on any atom is 0.283 e. The lowest BCUT2D eigenvalue weighted by Gasteiger charge is -2.34. The molecular formula is C19H12Cl4O5S. The van der Waals surface area contributed by atoms with Crippen molar-refractivity contribution in [2.45, 2.75) is 4.75 Å². The fourth-order valence-corrected chi connectivity index (χ4v) is 5.61. The largest absolute Gasteiger partial charge is 0.508 e. The highest BCUT2D eigenvalue weighted by molar-refractivity contribution is 7.87. The Labute approximate surface area is 186 Å². The second-order valence-corrected chi connectivity index (χ2v) is 9.22. The molecule has 0 heterocycles. The van der Waals surface area contributed by atoms with E-state index >= 15 is 0 Å². The van der Waals surface area contributed by atoms with Crippen molar-refractivity contribution in [3.8, 4) is 11.5 Å². The minimum absolute atomic E-state index is 0.00464. The second kappa shape index (κ2) is 7.87. The number of hydrogen-bond acceptors (Lipinski definition) is 4. The predicted molar refractivity (Wildman–Crippen MR) is 114 cm³/mol. The number of aromatic hydroxyl groups is 2. The van der Waals surface area contributed by atoms with E-state index in [9.17, 15) is 23.2 Å². The summed E-state index contributed by atoms with van der Waals surface area (Å²) in [5.41, 5.74) is -0.785. The zero-order chi connectivity index (χ0) is 21.6. The van der Waals surface area contributed by atoms with Crippen molar-refractivity contribution in [3.63, 3.8) is 0 Å². The minimum Gasteiger partial charge on any atom is -0.508 e. The molecule has 3 aromatic rings. The Bertz CT molecular complexity index is 1210. The van der Waals surface area contributed by atoms with Gasteiger partial charge in [-0.1, -0.05) is 76.7 Å². The molecule has 0 aliphatic heterocycles. The van der Waals surface area contributed by atoms with Gasteiger partial charge in [-0.2, -0.15) is 8.42 Å². The summed E-state index contributed by atoms with van der Waals surface area (Å²) in [6.45, 7) is 0. The first-order valence-corrected chi connectivity index (χ1v) is 10.9. The third-order valence-corrected chi connectivity index (χ3v) is 7.27. The number of halogens is 4. The van der Waals surface area contributed by atoms with Crippen LogP contribution in [0.5, 0.6) is 11.5 Å². The van der Waals surface area contributed by atoms with Gasteiger partial charge in [0.2, 0.25) is 0 Å². The molecule has 3 aromatic carbocycles. The molecule has 0 saturated carbocycles. The van der Waals surface area contributed by atoms with E-state index in [4.69, 9.17) is 46.4 Å². The topological polar surface area (TPSA) is 94.8 Å². The van der Waals surface area contributed by atoms with Crippen LogP contribution in [0.2, 0.25) is 20.1 Å². The Hall–Kier alpha value is -1.67. The molecule has 0 saturated heterocycles. The van der Waals surface area contributed by atoms with Crippen molar-refractivity contribution in [1.82, 2.24) is 0 Å². The van der Waals surface area contributed by atoms with Crippen LogP contribution in [0.15, 0.2) is 54.6 Å². The van der Waals surface area contributed by atoms with Gasteiger partial charge in [0.1, 0.15) is 11.5 Å². The number of phenols is 2. The molecule has 0 aliphatic rings. The van der Waals surface area contributed by atoms with Gasteiger partial charge in [0.25, 0.3) is 10.1 Å². The highest BCUT2D eigenvalue weighted by atomic mass is 35.5. The Morgan fingerprint density at radius 2 is 1.31 bits per heavy atom. The van der Waals surface area contributed by atoms with Crippen LogP contribution in [0.1, 0.15) is 16.7 Å². The lowest BCUT2D eigenvalue weighted by Crippen LogP contribution is -2.39. The van der Waals surface area contributed by atoms with Crippen LogP contribution < -0.4 is 0 Å². The van der Waals surface area contributed by atoms with Gasteiger partial charge in [-0.15, -0.1) is 0 Å². The molecule has 152 valence electrons. The van der Waals surface area contributed by atoms with Gasteiger partial charge in [-0.05, 0) is 18.2 Å². The van der Waals surface area contributed by atoms with Gasteiger partial charge >= 0.3 is 0 Å². The summed E-state index contributed by atoms with van der Waals surface area (Å²) >= 11 is 24.7. The fourth-order valence-electron chi connectivity index (χ4n) is 3.23. The van der Waals surface area contributed by atoms with E-state index in [2.05, 4.69) is 0 Å². The van der Waals surface area contributed by atoms with Crippen molar-refractivity contribution in [3.05, 3.63) is 91.4 Å². The average Bonchev–Trinajstić information content (AvgIpc) is 2.63. The molecule has 1 atom stereocenters. The number of benzene rings is 3.